The molecule has 3 heterocycles. The Morgan fingerprint density at radius 3 is 2.61 bits per heavy atom. The van der Waals surface area contributed by atoms with E-state index in [9.17, 15) is 9.59 Å². The minimum Gasteiger partial charge on any atom is -0.351 e. The molecule has 2 amide bonds. The van der Waals surface area contributed by atoms with Crippen LogP contribution in [0.15, 0.2) is 30.0 Å². The monoisotopic (exact) mass is 457 g/mol. The van der Waals surface area contributed by atoms with Crippen LogP contribution in [0.2, 0.25) is 10.0 Å². The summed E-state index contributed by atoms with van der Waals surface area (Å²) in [5, 5.41) is 14.3. The SMILES string of the molecule is O=C1C/C(=C\c2cnn3c(NC4CC4)nc(NCc4cc(Cl)cc(Cl)c4)nc23)C(=O)N1. The van der Waals surface area contributed by atoms with Crippen molar-refractivity contribution >= 4 is 58.6 Å². The van der Waals surface area contributed by atoms with Gasteiger partial charge in [0.2, 0.25) is 17.8 Å². The van der Waals surface area contributed by atoms with E-state index < -0.39 is 5.91 Å². The molecule has 1 aliphatic carbocycles. The summed E-state index contributed by atoms with van der Waals surface area (Å²) in [5.74, 6) is 0.224. The second kappa shape index (κ2) is 7.82. The lowest BCUT2D eigenvalue weighted by molar-refractivity contribution is -0.124. The predicted octanol–water partition coefficient (Wildman–Crippen LogP) is 3.05. The average Bonchev–Trinajstić information content (AvgIpc) is 3.34. The van der Waals surface area contributed by atoms with E-state index in [0.717, 1.165) is 18.4 Å². The van der Waals surface area contributed by atoms with Gasteiger partial charge in [-0.2, -0.15) is 19.6 Å². The second-order valence-corrected chi connectivity index (χ2v) is 8.35. The first-order chi connectivity index (χ1) is 14.9. The summed E-state index contributed by atoms with van der Waals surface area (Å²) in [5.41, 5.74) is 2.40. The number of hydrogen-bond acceptors (Lipinski definition) is 7. The van der Waals surface area contributed by atoms with Crippen LogP contribution >= 0.6 is 23.2 Å². The molecule has 1 aliphatic heterocycles. The smallest absolute Gasteiger partial charge is 0.254 e. The fourth-order valence-electron chi connectivity index (χ4n) is 3.28. The third kappa shape index (κ3) is 4.33. The maximum Gasteiger partial charge on any atom is 0.254 e. The van der Waals surface area contributed by atoms with E-state index in [4.69, 9.17) is 23.2 Å². The van der Waals surface area contributed by atoms with Crippen LogP contribution in [0.25, 0.3) is 11.7 Å². The van der Waals surface area contributed by atoms with Gasteiger partial charge in [-0.3, -0.25) is 14.9 Å². The Morgan fingerprint density at radius 2 is 1.94 bits per heavy atom. The summed E-state index contributed by atoms with van der Waals surface area (Å²) in [6, 6.07) is 5.64. The minimum atomic E-state index is -0.397. The zero-order valence-corrected chi connectivity index (χ0v) is 17.7. The molecule has 0 spiro atoms. The van der Waals surface area contributed by atoms with Crippen molar-refractivity contribution in [2.45, 2.75) is 31.8 Å². The molecule has 1 aromatic carbocycles. The zero-order chi connectivity index (χ0) is 21.5. The molecule has 5 rings (SSSR count). The number of halogens is 2. The maximum atomic E-state index is 11.9. The first-order valence-electron chi connectivity index (χ1n) is 9.70. The number of rotatable bonds is 6. The van der Waals surface area contributed by atoms with Gasteiger partial charge in [0.25, 0.3) is 5.91 Å². The lowest BCUT2D eigenvalue weighted by Crippen LogP contribution is -2.19. The molecule has 2 aliphatic rings. The molecule has 0 unspecified atom stereocenters. The molecule has 31 heavy (non-hydrogen) atoms. The van der Waals surface area contributed by atoms with Gasteiger partial charge in [-0.05, 0) is 42.7 Å². The maximum absolute atomic E-state index is 11.9. The number of benzene rings is 1. The Labute approximate surface area is 186 Å². The first-order valence-corrected chi connectivity index (χ1v) is 10.5. The molecule has 0 radical (unpaired) electrons. The van der Waals surface area contributed by atoms with Gasteiger partial charge in [0.1, 0.15) is 0 Å². The Kier molecular flexibility index (Phi) is 4.99. The number of nitrogens with one attached hydrogen (secondary N) is 3. The van der Waals surface area contributed by atoms with Gasteiger partial charge in [0, 0.05) is 33.8 Å². The normalized spacial score (nSPS) is 17.4. The van der Waals surface area contributed by atoms with Gasteiger partial charge in [0.15, 0.2) is 5.65 Å². The Bertz CT molecular complexity index is 1230. The Morgan fingerprint density at radius 1 is 1.16 bits per heavy atom. The van der Waals surface area contributed by atoms with E-state index in [1.165, 1.54) is 0 Å². The van der Waals surface area contributed by atoms with Crippen LogP contribution in [0.3, 0.4) is 0 Å². The van der Waals surface area contributed by atoms with Crippen molar-refractivity contribution in [2.75, 3.05) is 10.6 Å². The van der Waals surface area contributed by atoms with Crippen LogP contribution in [-0.4, -0.2) is 37.4 Å². The number of nitrogens with zero attached hydrogens (tertiary/aromatic N) is 4. The number of aromatic nitrogens is 4. The third-order valence-corrected chi connectivity index (χ3v) is 5.34. The first kappa shape index (κ1) is 19.8. The van der Waals surface area contributed by atoms with E-state index in [2.05, 4.69) is 31.0 Å². The van der Waals surface area contributed by atoms with Crippen molar-refractivity contribution in [1.82, 2.24) is 24.9 Å². The van der Waals surface area contributed by atoms with E-state index in [-0.39, 0.29) is 12.3 Å². The molecule has 0 atom stereocenters. The number of carbonyl (C=O) groups is 2. The van der Waals surface area contributed by atoms with Crippen LogP contribution in [-0.2, 0) is 16.1 Å². The lowest BCUT2D eigenvalue weighted by Gasteiger charge is -2.10. The molecular weight excluding hydrogens is 441 g/mol. The summed E-state index contributed by atoms with van der Waals surface area (Å²) < 4.78 is 1.60. The number of carbonyl (C=O) groups excluding carboxylic acids is 2. The Hall–Kier alpha value is -3.17. The molecule has 158 valence electrons. The summed E-state index contributed by atoms with van der Waals surface area (Å²) in [6.07, 6.45) is 5.41. The van der Waals surface area contributed by atoms with Crippen LogP contribution in [0, 0.1) is 0 Å². The van der Waals surface area contributed by atoms with Gasteiger partial charge in [-0.25, -0.2) is 0 Å². The predicted molar refractivity (Wildman–Crippen MR) is 117 cm³/mol. The number of hydrogen-bond donors (Lipinski definition) is 3. The number of imide groups is 1. The van der Waals surface area contributed by atoms with Crippen LogP contribution in [0.4, 0.5) is 11.9 Å². The van der Waals surface area contributed by atoms with Crippen molar-refractivity contribution < 1.29 is 9.59 Å². The second-order valence-electron chi connectivity index (χ2n) is 7.48. The molecule has 3 aromatic rings. The molecule has 2 aromatic heterocycles. The van der Waals surface area contributed by atoms with E-state index >= 15 is 0 Å². The highest BCUT2D eigenvalue weighted by Crippen LogP contribution is 2.26. The highest BCUT2D eigenvalue weighted by molar-refractivity contribution is 6.34. The van der Waals surface area contributed by atoms with E-state index in [1.807, 2.05) is 12.1 Å². The van der Waals surface area contributed by atoms with Crippen molar-refractivity contribution in [3.8, 4) is 0 Å². The Balaban J connectivity index is 1.49. The number of anilines is 2. The number of amides is 2. The van der Waals surface area contributed by atoms with Crippen LogP contribution in [0.1, 0.15) is 30.4 Å². The fraction of sp³-hybridized carbons (Fsp3) is 0.250. The highest BCUT2D eigenvalue weighted by atomic mass is 35.5. The average molecular weight is 458 g/mol. The van der Waals surface area contributed by atoms with Gasteiger partial charge in [-0.15, -0.1) is 0 Å². The van der Waals surface area contributed by atoms with Gasteiger partial charge in [-0.1, -0.05) is 23.2 Å². The van der Waals surface area contributed by atoms with Crippen LogP contribution < -0.4 is 16.0 Å². The van der Waals surface area contributed by atoms with E-state index in [0.29, 0.717) is 51.3 Å². The molecule has 3 N–H and O–H groups in total. The summed E-state index contributed by atoms with van der Waals surface area (Å²) >= 11 is 12.2. The summed E-state index contributed by atoms with van der Waals surface area (Å²) in [4.78, 5) is 32.6. The van der Waals surface area contributed by atoms with Crippen LogP contribution in [0.5, 0.6) is 0 Å². The van der Waals surface area contributed by atoms with Gasteiger partial charge in [0.05, 0.1) is 12.6 Å². The molecule has 1 saturated heterocycles. The molecule has 1 saturated carbocycles. The van der Waals surface area contributed by atoms with Crippen molar-refractivity contribution in [1.29, 1.82) is 0 Å². The van der Waals surface area contributed by atoms with Crippen molar-refractivity contribution in [3.63, 3.8) is 0 Å². The fourth-order valence-corrected chi connectivity index (χ4v) is 3.85. The highest BCUT2D eigenvalue weighted by Gasteiger charge is 2.26. The third-order valence-electron chi connectivity index (χ3n) is 4.90. The van der Waals surface area contributed by atoms with Gasteiger partial charge >= 0.3 is 0 Å². The summed E-state index contributed by atoms with van der Waals surface area (Å²) in [7, 11) is 0. The standard InChI is InChI=1S/C20H17Cl2N7O2/c21-13-3-10(4-14(22)7-13)8-23-19-27-17-12(5-11-6-16(30)26-18(11)31)9-24-29(17)20(28-19)25-15-1-2-15/h3-5,7,9,15H,1-2,6,8H2,(H,26,30,31)(H2,23,25,27,28)/b11-5+. The van der Waals surface area contributed by atoms with E-state index in [1.54, 1.807) is 22.9 Å². The number of fused-ring (bicyclic) bond motifs is 1. The topological polar surface area (TPSA) is 113 Å². The summed E-state index contributed by atoms with van der Waals surface area (Å²) in [6.45, 7) is 0.417. The van der Waals surface area contributed by atoms with Crippen molar-refractivity contribution in [2.24, 2.45) is 0 Å². The molecule has 9 nitrogen and oxygen atoms in total. The zero-order valence-electron chi connectivity index (χ0n) is 16.2. The molecular formula is C20H17Cl2N7O2. The molecule has 11 heteroatoms. The van der Waals surface area contributed by atoms with Gasteiger partial charge < -0.3 is 10.6 Å². The van der Waals surface area contributed by atoms with Crippen molar-refractivity contribution in [3.05, 3.63) is 51.1 Å². The lowest BCUT2D eigenvalue weighted by atomic mass is 10.1. The minimum absolute atomic E-state index is 0.0368. The molecule has 2 fully saturated rings. The largest absolute Gasteiger partial charge is 0.351 e. The quantitative estimate of drug-likeness (QED) is 0.384. The molecule has 0 bridgehead atoms.